The van der Waals surface area contributed by atoms with Crippen LogP contribution in [0.15, 0.2) is 30.3 Å². The van der Waals surface area contributed by atoms with Gasteiger partial charge >= 0.3 is 11.9 Å². The van der Waals surface area contributed by atoms with Gasteiger partial charge in [0.1, 0.15) is 6.10 Å². The molecule has 0 atom stereocenters. The van der Waals surface area contributed by atoms with Gasteiger partial charge in [-0.1, -0.05) is 115 Å². The van der Waals surface area contributed by atoms with E-state index in [4.69, 9.17) is 9.57 Å². The van der Waals surface area contributed by atoms with Crippen molar-refractivity contribution in [3.05, 3.63) is 35.9 Å². The van der Waals surface area contributed by atoms with Crippen molar-refractivity contribution in [3.8, 4) is 0 Å². The number of hydrogen-bond acceptors (Lipinski definition) is 5. The molecule has 1 aromatic rings. The van der Waals surface area contributed by atoms with Crippen LogP contribution in [0.3, 0.4) is 0 Å². The zero-order valence-corrected chi connectivity index (χ0v) is 25.8. The summed E-state index contributed by atoms with van der Waals surface area (Å²) in [5, 5.41) is 1.85. The van der Waals surface area contributed by atoms with Crippen LogP contribution in [0.1, 0.15) is 161 Å². The van der Waals surface area contributed by atoms with Gasteiger partial charge < -0.3 is 9.57 Å². The third-order valence-corrected chi connectivity index (χ3v) is 8.01. The monoisotopic (exact) mass is 543 g/mol. The summed E-state index contributed by atoms with van der Waals surface area (Å²) in [6, 6.07) is 9.10. The number of hydroxylamine groups is 2. The normalized spacial score (nSPS) is 17.2. The zero-order valence-electron chi connectivity index (χ0n) is 25.8. The second-order valence-electron chi connectivity index (χ2n) is 12.9. The molecule has 1 aliphatic heterocycles. The van der Waals surface area contributed by atoms with Crippen LogP contribution in [-0.4, -0.2) is 34.2 Å². The Labute approximate surface area is 239 Å². The van der Waals surface area contributed by atoms with Crippen LogP contribution in [0.25, 0.3) is 0 Å². The molecule has 2 rings (SSSR count). The minimum atomic E-state index is -0.436. The first-order valence-corrected chi connectivity index (χ1v) is 15.9. The lowest BCUT2D eigenvalue weighted by atomic mass is 9.80. The van der Waals surface area contributed by atoms with Crippen molar-refractivity contribution in [1.82, 2.24) is 5.06 Å². The highest BCUT2D eigenvalue weighted by molar-refractivity contribution is 5.89. The molecule has 0 aliphatic carbocycles. The van der Waals surface area contributed by atoms with E-state index in [9.17, 15) is 9.59 Å². The lowest BCUT2D eigenvalue weighted by molar-refractivity contribution is -0.276. The topological polar surface area (TPSA) is 55.8 Å². The quantitative estimate of drug-likeness (QED) is 0.128. The molecule has 0 spiro atoms. The average molecular weight is 544 g/mol. The highest BCUT2D eigenvalue weighted by Crippen LogP contribution is 2.40. The fourth-order valence-corrected chi connectivity index (χ4v) is 6.08. The van der Waals surface area contributed by atoms with E-state index in [1.165, 1.54) is 83.5 Å². The fourth-order valence-electron chi connectivity index (χ4n) is 6.08. The Bertz CT molecular complexity index is 802. The minimum Gasteiger partial charge on any atom is -0.459 e. The lowest BCUT2D eigenvalue weighted by Gasteiger charge is -2.52. The van der Waals surface area contributed by atoms with Gasteiger partial charge in [-0.3, -0.25) is 4.79 Å². The van der Waals surface area contributed by atoms with Gasteiger partial charge in [-0.2, -0.15) is 0 Å². The molecule has 5 nitrogen and oxygen atoms in total. The van der Waals surface area contributed by atoms with Crippen molar-refractivity contribution in [1.29, 1.82) is 0 Å². The predicted octanol–water partition coefficient (Wildman–Crippen LogP) is 9.58. The number of nitrogens with zero attached hydrogens (tertiary/aromatic N) is 1. The van der Waals surface area contributed by atoms with Gasteiger partial charge in [0.15, 0.2) is 0 Å². The summed E-state index contributed by atoms with van der Waals surface area (Å²) < 4.78 is 5.86. The van der Waals surface area contributed by atoms with Crippen LogP contribution in [0.5, 0.6) is 0 Å². The van der Waals surface area contributed by atoms with Crippen LogP contribution < -0.4 is 0 Å². The Kier molecular flexibility index (Phi) is 15.2. The molecule has 0 bridgehead atoms. The van der Waals surface area contributed by atoms with Crippen molar-refractivity contribution in [2.45, 2.75) is 167 Å². The number of esters is 1. The average Bonchev–Trinajstić information content (AvgIpc) is 2.88. The highest BCUT2D eigenvalue weighted by atomic mass is 16.7. The molecule has 0 saturated carbocycles. The fraction of sp³-hybridized carbons (Fsp3) is 0.765. The maximum absolute atomic E-state index is 12.7. The molecule has 0 aromatic heterocycles. The van der Waals surface area contributed by atoms with Gasteiger partial charge in [0.2, 0.25) is 0 Å². The number of ether oxygens (including phenoxy) is 1. The molecular formula is C34H57NO4. The molecule has 1 aliphatic rings. The van der Waals surface area contributed by atoms with E-state index in [1.54, 1.807) is 12.1 Å². The second kappa shape index (κ2) is 17.7. The maximum Gasteiger partial charge on any atom is 0.338 e. The summed E-state index contributed by atoms with van der Waals surface area (Å²) >= 11 is 0. The number of carbonyl (C=O) groups is 2. The largest absolute Gasteiger partial charge is 0.459 e. The lowest BCUT2D eigenvalue weighted by Crippen LogP contribution is -2.62. The molecule has 1 aromatic carbocycles. The second-order valence-corrected chi connectivity index (χ2v) is 12.9. The third kappa shape index (κ3) is 12.9. The summed E-state index contributed by atoms with van der Waals surface area (Å²) in [5.41, 5.74) is -0.312. The number of unbranched alkanes of at least 4 members (excludes halogenated alkanes) is 14. The standard InChI is InChI=1S/C34H57NO4/c1-6-7-8-9-10-11-12-13-14-15-16-17-18-19-23-26-31(36)39-35-33(2,3)27-30(28-34(35,4)5)38-32(37)29-24-21-20-22-25-29/h20-22,24-25,30H,6-19,23,26-28H2,1-5H3. The molecule has 39 heavy (non-hydrogen) atoms. The smallest absolute Gasteiger partial charge is 0.338 e. The van der Waals surface area contributed by atoms with Crippen LogP contribution in [-0.2, 0) is 14.4 Å². The predicted molar refractivity (Wildman–Crippen MR) is 161 cm³/mol. The highest BCUT2D eigenvalue weighted by Gasteiger charge is 2.49. The minimum absolute atomic E-state index is 0.162. The van der Waals surface area contributed by atoms with Crippen molar-refractivity contribution >= 4 is 11.9 Å². The molecule has 222 valence electrons. The summed E-state index contributed by atoms with van der Waals surface area (Å²) in [6.45, 7) is 10.5. The summed E-state index contributed by atoms with van der Waals surface area (Å²) in [5.74, 6) is -0.462. The Morgan fingerprint density at radius 3 is 1.62 bits per heavy atom. The number of carbonyl (C=O) groups excluding carboxylic acids is 2. The van der Waals surface area contributed by atoms with Crippen LogP contribution in [0.2, 0.25) is 0 Å². The first kappa shape index (κ1) is 33.3. The zero-order chi connectivity index (χ0) is 28.6. The van der Waals surface area contributed by atoms with Crippen molar-refractivity contribution < 1.29 is 19.2 Å². The molecular weight excluding hydrogens is 486 g/mol. The number of hydrogen-bond donors (Lipinski definition) is 0. The number of rotatable bonds is 19. The van der Waals surface area contributed by atoms with Crippen molar-refractivity contribution in [2.75, 3.05) is 0 Å². The van der Waals surface area contributed by atoms with E-state index in [0.29, 0.717) is 24.8 Å². The number of piperidine rings is 1. The first-order chi connectivity index (χ1) is 18.7. The Morgan fingerprint density at radius 1 is 0.718 bits per heavy atom. The third-order valence-electron chi connectivity index (χ3n) is 8.01. The summed E-state index contributed by atoms with van der Waals surface area (Å²) in [6.07, 6.45) is 21.1. The van der Waals surface area contributed by atoms with Gasteiger partial charge in [-0.25, -0.2) is 4.79 Å². The molecule has 1 fully saturated rings. The van der Waals surface area contributed by atoms with Crippen molar-refractivity contribution in [2.24, 2.45) is 0 Å². The van der Waals surface area contributed by atoms with E-state index in [1.807, 2.05) is 23.3 Å². The van der Waals surface area contributed by atoms with E-state index in [0.717, 1.165) is 12.8 Å². The molecule has 1 saturated heterocycles. The summed E-state index contributed by atoms with van der Waals surface area (Å²) in [4.78, 5) is 31.2. The van der Waals surface area contributed by atoms with E-state index < -0.39 is 11.1 Å². The number of benzene rings is 1. The van der Waals surface area contributed by atoms with Crippen LogP contribution in [0.4, 0.5) is 0 Å². The first-order valence-electron chi connectivity index (χ1n) is 15.9. The van der Waals surface area contributed by atoms with E-state index >= 15 is 0 Å². The molecule has 1 heterocycles. The van der Waals surface area contributed by atoms with Gasteiger partial charge in [0, 0.05) is 19.3 Å². The van der Waals surface area contributed by atoms with Gasteiger partial charge in [0.05, 0.1) is 16.6 Å². The molecule has 0 radical (unpaired) electrons. The van der Waals surface area contributed by atoms with E-state index in [2.05, 4.69) is 34.6 Å². The van der Waals surface area contributed by atoms with E-state index in [-0.39, 0.29) is 18.0 Å². The molecule has 0 N–H and O–H groups in total. The van der Waals surface area contributed by atoms with Gasteiger partial charge in [-0.15, -0.1) is 5.06 Å². The Balaban J connectivity index is 1.58. The van der Waals surface area contributed by atoms with Gasteiger partial charge in [0.25, 0.3) is 0 Å². The molecule has 5 heteroatoms. The Hall–Kier alpha value is -1.88. The molecule has 0 unspecified atom stereocenters. The summed E-state index contributed by atoms with van der Waals surface area (Å²) in [7, 11) is 0. The van der Waals surface area contributed by atoms with Crippen LogP contribution >= 0.6 is 0 Å². The van der Waals surface area contributed by atoms with Crippen LogP contribution in [0, 0.1) is 0 Å². The van der Waals surface area contributed by atoms with Gasteiger partial charge in [-0.05, 0) is 46.2 Å². The SMILES string of the molecule is CCCCCCCCCCCCCCCCCC(=O)ON1C(C)(C)CC(OC(=O)c2ccccc2)CC1(C)C. The molecule has 0 amide bonds. The Morgan fingerprint density at radius 2 is 1.15 bits per heavy atom. The van der Waals surface area contributed by atoms with Crippen molar-refractivity contribution in [3.63, 3.8) is 0 Å². The maximum atomic E-state index is 12.7.